The zero-order valence-corrected chi connectivity index (χ0v) is 19.0. The summed E-state index contributed by atoms with van der Waals surface area (Å²) in [5.74, 6) is 0.123. The van der Waals surface area contributed by atoms with Crippen LogP contribution in [0.5, 0.6) is 5.75 Å². The Morgan fingerprint density at radius 3 is 2.43 bits per heavy atom. The van der Waals surface area contributed by atoms with Crippen molar-refractivity contribution in [1.82, 2.24) is 5.32 Å². The zero-order chi connectivity index (χ0) is 21.9. The largest absolute Gasteiger partial charge is 0.484 e. The lowest BCUT2D eigenvalue weighted by atomic mass is 10.1. The van der Waals surface area contributed by atoms with E-state index in [2.05, 4.69) is 17.6 Å². The first-order chi connectivity index (χ1) is 14.2. The number of rotatable bonds is 6. The molecule has 1 aromatic heterocycles. The monoisotopic (exact) mass is 444 g/mol. The van der Waals surface area contributed by atoms with E-state index in [0.29, 0.717) is 21.3 Å². The second kappa shape index (κ2) is 9.06. The Labute approximate surface area is 185 Å². The molecule has 0 fully saturated rings. The summed E-state index contributed by atoms with van der Waals surface area (Å²) in [5.41, 5.74) is 1.43. The standard InChI is InChI=1S/C23H25ClN2O3S/c1-5-14-9-11-15(12-10-14)29-13-18(27)25-17-8-6-7-16-19(24)21(30-20(16)17)22(28)26-23(2,3)4/h6-12H,5,13H2,1-4H3,(H,25,27)(H,26,28). The molecule has 5 nitrogen and oxygen atoms in total. The highest BCUT2D eigenvalue weighted by Crippen LogP contribution is 2.39. The second-order valence-corrected chi connectivity index (χ2v) is 9.36. The molecule has 0 spiro atoms. The quantitative estimate of drug-likeness (QED) is 0.515. The molecular weight excluding hydrogens is 420 g/mol. The van der Waals surface area contributed by atoms with Crippen LogP contribution >= 0.6 is 22.9 Å². The number of amides is 2. The lowest BCUT2D eigenvalue weighted by Crippen LogP contribution is -2.40. The molecule has 0 atom stereocenters. The number of halogens is 1. The van der Waals surface area contributed by atoms with Gasteiger partial charge in [-0.25, -0.2) is 0 Å². The first-order valence-corrected chi connectivity index (χ1v) is 10.9. The van der Waals surface area contributed by atoms with Gasteiger partial charge in [-0.15, -0.1) is 11.3 Å². The molecular formula is C23H25ClN2O3S. The summed E-state index contributed by atoms with van der Waals surface area (Å²) in [7, 11) is 0. The summed E-state index contributed by atoms with van der Waals surface area (Å²) in [5, 5.41) is 6.91. The van der Waals surface area contributed by atoms with Crippen molar-refractivity contribution in [2.45, 2.75) is 39.7 Å². The van der Waals surface area contributed by atoms with Crippen LogP contribution in [-0.2, 0) is 11.2 Å². The maximum Gasteiger partial charge on any atom is 0.263 e. The minimum atomic E-state index is -0.375. The van der Waals surface area contributed by atoms with Crippen molar-refractivity contribution >= 4 is 50.5 Å². The normalized spacial score (nSPS) is 11.4. The number of benzene rings is 2. The van der Waals surface area contributed by atoms with Crippen molar-refractivity contribution in [1.29, 1.82) is 0 Å². The SMILES string of the molecule is CCc1ccc(OCC(=O)Nc2cccc3c(Cl)c(C(=O)NC(C)(C)C)sc23)cc1. The van der Waals surface area contributed by atoms with E-state index in [1.165, 1.54) is 16.9 Å². The molecule has 3 rings (SSSR count). The molecule has 0 unspecified atom stereocenters. The van der Waals surface area contributed by atoms with E-state index in [-0.39, 0.29) is 24.0 Å². The third kappa shape index (κ3) is 5.32. The third-order valence-corrected chi connectivity index (χ3v) is 6.07. The molecule has 30 heavy (non-hydrogen) atoms. The Kier molecular flexibility index (Phi) is 6.68. The van der Waals surface area contributed by atoms with E-state index < -0.39 is 0 Å². The number of thiophene rings is 1. The first kappa shape index (κ1) is 22.1. The van der Waals surface area contributed by atoms with Gasteiger partial charge in [-0.2, -0.15) is 0 Å². The molecule has 0 bridgehead atoms. The predicted molar refractivity (Wildman–Crippen MR) is 124 cm³/mol. The van der Waals surface area contributed by atoms with Crippen LogP contribution in [0.2, 0.25) is 5.02 Å². The van der Waals surface area contributed by atoms with Crippen LogP contribution in [0.3, 0.4) is 0 Å². The number of fused-ring (bicyclic) bond motifs is 1. The van der Waals surface area contributed by atoms with Crippen LogP contribution in [-0.4, -0.2) is 24.0 Å². The Morgan fingerprint density at radius 2 is 1.80 bits per heavy atom. The molecule has 1 heterocycles. The second-order valence-electron chi connectivity index (χ2n) is 7.97. The lowest BCUT2D eigenvalue weighted by molar-refractivity contribution is -0.118. The van der Waals surface area contributed by atoms with Crippen molar-refractivity contribution in [2.24, 2.45) is 0 Å². The number of aryl methyl sites for hydroxylation is 1. The van der Waals surface area contributed by atoms with E-state index in [4.69, 9.17) is 16.3 Å². The van der Waals surface area contributed by atoms with Gasteiger partial charge in [0.15, 0.2) is 6.61 Å². The van der Waals surface area contributed by atoms with Crippen LogP contribution in [0.25, 0.3) is 10.1 Å². The maximum absolute atomic E-state index is 12.6. The number of hydrogen-bond acceptors (Lipinski definition) is 4. The number of anilines is 1. The summed E-state index contributed by atoms with van der Waals surface area (Å²) >= 11 is 7.73. The van der Waals surface area contributed by atoms with Crippen molar-refractivity contribution in [3.8, 4) is 5.75 Å². The van der Waals surface area contributed by atoms with E-state index in [0.717, 1.165) is 16.5 Å². The summed E-state index contributed by atoms with van der Waals surface area (Å²) in [6, 6.07) is 13.1. The summed E-state index contributed by atoms with van der Waals surface area (Å²) in [6.07, 6.45) is 0.948. The van der Waals surface area contributed by atoms with E-state index in [9.17, 15) is 9.59 Å². The minimum absolute atomic E-state index is 0.113. The Morgan fingerprint density at radius 1 is 1.10 bits per heavy atom. The molecule has 2 aromatic carbocycles. The third-order valence-electron chi connectivity index (χ3n) is 4.33. The van der Waals surface area contributed by atoms with Gasteiger partial charge >= 0.3 is 0 Å². The van der Waals surface area contributed by atoms with Gasteiger partial charge in [0.05, 0.1) is 15.4 Å². The Hall–Kier alpha value is -2.57. The first-order valence-electron chi connectivity index (χ1n) is 9.73. The molecule has 158 valence electrons. The fourth-order valence-electron chi connectivity index (χ4n) is 2.89. The van der Waals surface area contributed by atoms with Crippen molar-refractivity contribution in [2.75, 3.05) is 11.9 Å². The van der Waals surface area contributed by atoms with E-state index in [1.54, 1.807) is 12.1 Å². The zero-order valence-electron chi connectivity index (χ0n) is 17.5. The topological polar surface area (TPSA) is 67.4 Å². The highest BCUT2D eigenvalue weighted by molar-refractivity contribution is 7.22. The molecule has 0 aliphatic carbocycles. The summed E-state index contributed by atoms with van der Waals surface area (Å²) in [4.78, 5) is 25.4. The molecule has 0 saturated carbocycles. The van der Waals surface area contributed by atoms with Gasteiger partial charge in [-0.05, 0) is 51.0 Å². The van der Waals surface area contributed by atoms with Gasteiger partial charge in [-0.3, -0.25) is 9.59 Å². The molecule has 2 N–H and O–H groups in total. The fraction of sp³-hybridized carbons (Fsp3) is 0.304. The van der Waals surface area contributed by atoms with Gasteiger partial charge in [0.2, 0.25) is 0 Å². The minimum Gasteiger partial charge on any atom is -0.484 e. The molecule has 0 aliphatic rings. The van der Waals surface area contributed by atoms with Crippen LogP contribution < -0.4 is 15.4 Å². The summed E-state index contributed by atoms with van der Waals surface area (Å²) < 4.78 is 6.33. The molecule has 0 saturated heterocycles. The Balaban J connectivity index is 1.74. The number of carbonyl (C=O) groups is 2. The molecule has 2 amide bonds. The van der Waals surface area contributed by atoms with Gasteiger partial charge in [0.1, 0.15) is 10.6 Å². The predicted octanol–water partition coefficient (Wildman–Crippen LogP) is 5.66. The van der Waals surface area contributed by atoms with Crippen molar-refractivity contribution < 1.29 is 14.3 Å². The van der Waals surface area contributed by atoms with Crippen LogP contribution in [0.4, 0.5) is 5.69 Å². The Bertz CT molecular complexity index is 1070. The maximum atomic E-state index is 12.6. The number of ether oxygens (including phenoxy) is 1. The molecule has 7 heteroatoms. The van der Waals surface area contributed by atoms with Crippen molar-refractivity contribution in [3.05, 3.63) is 57.9 Å². The summed E-state index contributed by atoms with van der Waals surface area (Å²) in [6.45, 7) is 7.70. The molecule has 0 aliphatic heterocycles. The van der Waals surface area contributed by atoms with Crippen LogP contribution in [0.1, 0.15) is 42.9 Å². The van der Waals surface area contributed by atoms with Gasteiger partial charge < -0.3 is 15.4 Å². The highest BCUT2D eigenvalue weighted by atomic mass is 35.5. The van der Waals surface area contributed by atoms with E-state index >= 15 is 0 Å². The van der Waals surface area contributed by atoms with Gasteiger partial charge in [-0.1, -0.05) is 42.8 Å². The lowest BCUT2D eigenvalue weighted by Gasteiger charge is -2.19. The van der Waals surface area contributed by atoms with Gasteiger partial charge in [0.25, 0.3) is 11.8 Å². The average Bonchev–Trinajstić information content (AvgIpc) is 3.03. The number of hydrogen-bond donors (Lipinski definition) is 2. The van der Waals surface area contributed by atoms with Crippen LogP contribution in [0, 0.1) is 0 Å². The smallest absolute Gasteiger partial charge is 0.263 e. The number of nitrogens with one attached hydrogen (secondary N) is 2. The highest BCUT2D eigenvalue weighted by Gasteiger charge is 2.22. The molecule has 3 aromatic rings. The molecule has 0 radical (unpaired) electrons. The van der Waals surface area contributed by atoms with Gasteiger partial charge in [0, 0.05) is 10.9 Å². The average molecular weight is 445 g/mol. The van der Waals surface area contributed by atoms with Crippen LogP contribution in [0.15, 0.2) is 42.5 Å². The number of carbonyl (C=O) groups excluding carboxylic acids is 2. The fourth-order valence-corrected chi connectivity index (χ4v) is 4.36. The van der Waals surface area contributed by atoms with E-state index in [1.807, 2.05) is 51.1 Å². The van der Waals surface area contributed by atoms with Crippen molar-refractivity contribution in [3.63, 3.8) is 0 Å².